The summed E-state index contributed by atoms with van der Waals surface area (Å²) in [7, 11) is 1.56. The number of benzene rings is 4. The molecule has 41 heavy (non-hydrogen) atoms. The highest BCUT2D eigenvalue weighted by Crippen LogP contribution is 2.61. The molecule has 2 heterocycles. The van der Waals surface area contributed by atoms with Crippen LogP contribution in [0.3, 0.4) is 0 Å². The van der Waals surface area contributed by atoms with Crippen LogP contribution < -0.4 is 9.64 Å². The van der Waals surface area contributed by atoms with Crippen LogP contribution >= 0.6 is 11.6 Å². The van der Waals surface area contributed by atoms with E-state index in [4.69, 9.17) is 16.3 Å². The normalized spacial score (nSPS) is 21.5. The first kappa shape index (κ1) is 25.4. The van der Waals surface area contributed by atoms with Crippen LogP contribution in [0.2, 0.25) is 5.02 Å². The van der Waals surface area contributed by atoms with E-state index in [9.17, 15) is 18.8 Å². The van der Waals surface area contributed by atoms with Gasteiger partial charge >= 0.3 is 0 Å². The number of hydrogen-bond acceptors (Lipinski definition) is 5. The van der Waals surface area contributed by atoms with E-state index in [1.54, 1.807) is 86.0 Å². The monoisotopic (exact) mass is 563 g/mol. The number of carbonyl (C=O) groups is 3. The molecule has 5 nitrogen and oxygen atoms in total. The minimum absolute atomic E-state index is 0.272. The van der Waals surface area contributed by atoms with Gasteiger partial charge in [-0.3, -0.25) is 14.4 Å². The molecule has 202 valence electrons. The van der Waals surface area contributed by atoms with Gasteiger partial charge < -0.3 is 9.64 Å². The second-order valence-electron chi connectivity index (χ2n) is 10.6. The number of anilines is 1. The molecule has 7 heteroatoms. The zero-order chi connectivity index (χ0) is 28.5. The van der Waals surface area contributed by atoms with Gasteiger partial charge in [-0.1, -0.05) is 60.2 Å². The lowest BCUT2D eigenvalue weighted by Gasteiger charge is -2.37. The van der Waals surface area contributed by atoms with Crippen molar-refractivity contribution in [2.24, 2.45) is 5.41 Å². The van der Waals surface area contributed by atoms with Gasteiger partial charge in [0, 0.05) is 38.9 Å². The molecule has 4 aromatic carbocycles. The van der Waals surface area contributed by atoms with Crippen LogP contribution in [0.15, 0.2) is 97.1 Å². The van der Waals surface area contributed by atoms with Crippen molar-refractivity contribution in [3.05, 3.63) is 136 Å². The van der Waals surface area contributed by atoms with Gasteiger partial charge in [-0.2, -0.15) is 0 Å². The summed E-state index contributed by atoms with van der Waals surface area (Å²) < 4.78 is 19.7. The van der Waals surface area contributed by atoms with Crippen molar-refractivity contribution < 1.29 is 23.5 Å². The predicted octanol–water partition coefficient (Wildman–Crippen LogP) is 6.80. The molecule has 0 aromatic heterocycles. The Morgan fingerprint density at radius 2 is 1.56 bits per heavy atom. The molecule has 3 atom stereocenters. The van der Waals surface area contributed by atoms with Crippen molar-refractivity contribution >= 4 is 40.7 Å². The van der Waals surface area contributed by atoms with E-state index in [2.05, 4.69) is 0 Å². The van der Waals surface area contributed by atoms with Gasteiger partial charge in [-0.25, -0.2) is 4.39 Å². The minimum atomic E-state index is -1.63. The summed E-state index contributed by atoms with van der Waals surface area (Å²) in [6.45, 7) is 0. The van der Waals surface area contributed by atoms with Crippen molar-refractivity contribution in [1.29, 1.82) is 0 Å². The predicted molar refractivity (Wildman–Crippen MR) is 155 cm³/mol. The molecule has 3 aliphatic rings. The average Bonchev–Trinajstić information content (AvgIpc) is 3.43. The van der Waals surface area contributed by atoms with Crippen molar-refractivity contribution in [1.82, 2.24) is 0 Å². The van der Waals surface area contributed by atoms with E-state index in [1.807, 2.05) is 17.0 Å². The summed E-state index contributed by atoms with van der Waals surface area (Å²) in [5, 5.41) is 0.479. The number of ketones is 3. The van der Waals surface area contributed by atoms with E-state index in [0.29, 0.717) is 44.3 Å². The second kappa shape index (κ2) is 9.25. The van der Waals surface area contributed by atoms with Crippen molar-refractivity contribution in [2.75, 3.05) is 12.0 Å². The number of fused-ring (bicyclic) bond motifs is 5. The van der Waals surface area contributed by atoms with E-state index in [-0.39, 0.29) is 17.3 Å². The topological polar surface area (TPSA) is 63.7 Å². The van der Waals surface area contributed by atoms with Crippen molar-refractivity contribution in [3.8, 4) is 5.75 Å². The molecule has 0 bridgehead atoms. The summed E-state index contributed by atoms with van der Waals surface area (Å²) in [4.78, 5) is 45.7. The van der Waals surface area contributed by atoms with Gasteiger partial charge in [0.05, 0.1) is 13.2 Å². The zero-order valence-electron chi connectivity index (χ0n) is 21.9. The Morgan fingerprint density at radius 1 is 0.902 bits per heavy atom. The van der Waals surface area contributed by atoms with Crippen LogP contribution in [-0.2, 0) is 0 Å². The molecular formula is C34H23ClFNO4. The molecule has 0 N–H and O–H groups in total. The second-order valence-corrected chi connectivity index (χ2v) is 11.0. The number of carbonyl (C=O) groups excluding carboxylic acids is 3. The largest absolute Gasteiger partial charge is 0.497 e. The average molecular weight is 564 g/mol. The fraction of sp³-hybridized carbons (Fsp3) is 0.147. The first-order chi connectivity index (χ1) is 19.9. The smallest absolute Gasteiger partial charge is 0.185 e. The Bertz CT molecular complexity index is 1740. The first-order valence-electron chi connectivity index (χ1n) is 13.2. The summed E-state index contributed by atoms with van der Waals surface area (Å²) in [5.74, 6) is -1.60. The maximum absolute atomic E-state index is 14.6. The van der Waals surface area contributed by atoms with Gasteiger partial charge in [0.15, 0.2) is 17.3 Å². The van der Waals surface area contributed by atoms with Crippen LogP contribution in [0.5, 0.6) is 5.75 Å². The highest BCUT2D eigenvalue weighted by atomic mass is 35.5. The van der Waals surface area contributed by atoms with E-state index >= 15 is 0 Å². The van der Waals surface area contributed by atoms with Crippen molar-refractivity contribution in [3.63, 3.8) is 0 Å². The van der Waals surface area contributed by atoms with Gasteiger partial charge in [0.25, 0.3) is 0 Å². The lowest BCUT2D eigenvalue weighted by Crippen LogP contribution is -2.48. The third kappa shape index (κ3) is 3.50. The van der Waals surface area contributed by atoms with Crippen molar-refractivity contribution in [2.45, 2.75) is 18.0 Å². The molecule has 4 aromatic rings. The molecule has 1 spiro atoms. The maximum Gasteiger partial charge on any atom is 0.185 e. The fourth-order valence-electron chi connectivity index (χ4n) is 6.92. The van der Waals surface area contributed by atoms with E-state index in [0.717, 1.165) is 0 Å². The summed E-state index contributed by atoms with van der Waals surface area (Å²) >= 11 is 6.14. The number of Topliss-reactive ketones (excluding diaryl/α,β-unsaturated/α-hetero) is 3. The van der Waals surface area contributed by atoms with Gasteiger partial charge in [0.2, 0.25) is 0 Å². The third-order valence-corrected chi connectivity index (χ3v) is 8.89. The summed E-state index contributed by atoms with van der Waals surface area (Å²) in [6, 6.07) is 23.1. The highest BCUT2D eigenvalue weighted by molar-refractivity contribution is 6.32. The third-order valence-electron chi connectivity index (χ3n) is 8.64. The number of halogens is 2. The van der Waals surface area contributed by atoms with Gasteiger partial charge in [-0.05, 0) is 60.2 Å². The number of hydrogen-bond donors (Lipinski definition) is 0. The molecule has 1 aliphatic carbocycles. The molecular weight excluding hydrogens is 541 g/mol. The number of rotatable bonds is 4. The molecule has 7 rings (SSSR count). The summed E-state index contributed by atoms with van der Waals surface area (Å²) in [6.07, 6.45) is 3.51. The Labute approximate surface area is 240 Å². The molecule has 0 unspecified atom stereocenters. The van der Waals surface area contributed by atoms with Crippen LogP contribution in [0, 0.1) is 11.2 Å². The quantitative estimate of drug-likeness (QED) is 0.202. The molecule has 2 aliphatic heterocycles. The molecule has 1 fully saturated rings. The van der Waals surface area contributed by atoms with Crippen LogP contribution in [0.4, 0.5) is 10.1 Å². The molecule has 0 saturated carbocycles. The Morgan fingerprint density at radius 3 is 2.20 bits per heavy atom. The highest BCUT2D eigenvalue weighted by Gasteiger charge is 2.71. The number of nitrogens with zero attached hydrogens (tertiary/aromatic N) is 1. The first-order valence-corrected chi connectivity index (χ1v) is 13.6. The lowest BCUT2D eigenvalue weighted by atomic mass is 9.64. The van der Waals surface area contributed by atoms with Crippen LogP contribution in [-0.4, -0.2) is 36.5 Å². The SMILES string of the molecule is COc1ccc([C@@H]2[C@@H](C(=O)c3ccc(Cl)cc3)N3c4ccc(F)cc4C=C[C@H]3C23C(=O)c2ccccc2C3=O)cc1. The minimum Gasteiger partial charge on any atom is -0.497 e. The van der Waals surface area contributed by atoms with Gasteiger partial charge in [-0.15, -0.1) is 0 Å². The molecule has 0 radical (unpaired) electrons. The Hall–Kier alpha value is -4.55. The fourth-order valence-corrected chi connectivity index (χ4v) is 7.04. The molecule has 0 amide bonds. The zero-order valence-corrected chi connectivity index (χ0v) is 22.6. The van der Waals surface area contributed by atoms with Crippen LogP contribution in [0.25, 0.3) is 6.08 Å². The lowest BCUT2D eigenvalue weighted by molar-refractivity contribution is 0.0666. The molecule has 1 saturated heterocycles. The standard InChI is InChI=1S/C34H23ClFNO4/c1-41-24-14-8-19(9-15-24)29-30(31(38)20-6-11-22(35)12-7-20)37-27-16-13-23(36)18-21(27)10-17-28(37)34(29)32(39)25-4-2-3-5-26(25)33(34)40/h2-18,28-30H,1H3/t28-,29+,30-/m0/s1. The Kier molecular flexibility index (Phi) is 5.73. The van der Waals surface area contributed by atoms with E-state index < -0.39 is 29.2 Å². The summed E-state index contributed by atoms with van der Waals surface area (Å²) in [5.41, 5.74) is 1.24. The van der Waals surface area contributed by atoms with Gasteiger partial charge in [0.1, 0.15) is 23.0 Å². The number of ether oxygens (including phenoxy) is 1. The maximum atomic E-state index is 14.6. The number of methoxy groups -OCH3 is 1. The van der Waals surface area contributed by atoms with Crippen LogP contribution in [0.1, 0.15) is 48.1 Å². The Balaban J connectivity index is 1.54. The van der Waals surface area contributed by atoms with E-state index in [1.165, 1.54) is 12.1 Å².